The van der Waals surface area contributed by atoms with Crippen molar-refractivity contribution in [3.63, 3.8) is 0 Å². The number of halogens is 3. The molecule has 0 unspecified atom stereocenters. The van der Waals surface area contributed by atoms with Crippen molar-refractivity contribution in [2.75, 3.05) is 20.7 Å². The first-order chi connectivity index (χ1) is 12.8. The number of rotatable bonds is 5. The molecule has 1 aliphatic heterocycles. The van der Waals surface area contributed by atoms with Gasteiger partial charge in [0.15, 0.2) is 5.69 Å². The summed E-state index contributed by atoms with van der Waals surface area (Å²) in [5, 5.41) is 8.99. The third-order valence-corrected chi connectivity index (χ3v) is 4.81. The number of alkyl halides is 3. The molecule has 0 saturated heterocycles. The molecule has 27 heavy (non-hydrogen) atoms. The number of nitriles is 1. The minimum atomic E-state index is -4.40. The van der Waals surface area contributed by atoms with Crippen LogP contribution in [0.15, 0.2) is 24.4 Å². The van der Waals surface area contributed by atoms with Gasteiger partial charge < -0.3 is 14.2 Å². The summed E-state index contributed by atoms with van der Waals surface area (Å²) in [7, 11) is 3.54. The van der Waals surface area contributed by atoms with Gasteiger partial charge in [-0.1, -0.05) is 6.07 Å². The number of hydrogen-bond donors (Lipinski definition) is 0. The van der Waals surface area contributed by atoms with E-state index in [1.807, 2.05) is 13.1 Å². The maximum absolute atomic E-state index is 12.8. The molecule has 0 saturated carbocycles. The van der Waals surface area contributed by atoms with Gasteiger partial charge in [0.25, 0.3) is 0 Å². The van der Waals surface area contributed by atoms with Gasteiger partial charge in [0.05, 0.1) is 18.7 Å². The average molecular weight is 378 g/mol. The predicted octanol–water partition coefficient (Wildman–Crippen LogP) is 3.48. The van der Waals surface area contributed by atoms with E-state index in [2.05, 4.69) is 16.0 Å². The fraction of sp³-hybridized carbons (Fsp3) is 0.474. The summed E-state index contributed by atoms with van der Waals surface area (Å²) in [6.45, 7) is 1.92. The molecule has 0 N–H and O–H groups in total. The van der Waals surface area contributed by atoms with E-state index in [4.69, 9.17) is 10.00 Å². The standard InChI is InChI=1S/C19H21F3N4O/c1-25(11-15-5-3-13(8-23)7-16(15)27-2)9-14-4-6-18-24-17(19(20,21)22)12-26(18)10-14/h3,5,7,12,14H,4,6,9-11H2,1-2H3/t14-/m1/s1. The van der Waals surface area contributed by atoms with Crippen LogP contribution in [-0.4, -0.2) is 35.2 Å². The number of hydrogen-bond acceptors (Lipinski definition) is 4. The lowest BCUT2D eigenvalue weighted by molar-refractivity contribution is -0.141. The third-order valence-electron chi connectivity index (χ3n) is 4.81. The highest BCUT2D eigenvalue weighted by Gasteiger charge is 2.35. The predicted molar refractivity (Wildman–Crippen MR) is 93.1 cm³/mol. The summed E-state index contributed by atoms with van der Waals surface area (Å²) in [4.78, 5) is 5.85. The van der Waals surface area contributed by atoms with Crippen LogP contribution < -0.4 is 4.74 Å². The highest BCUT2D eigenvalue weighted by atomic mass is 19.4. The Hall–Kier alpha value is -2.53. The van der Waals surface area contributed by atoms with Crippen molar-refractivity contribution in [3.8, 4) is 11.8 Å². The van der Waals surface area contributed by atoms with Crippen molar-refractivity contribution in [2.24, 2.45) is 5.92 Å². The Morgan fingerprint density at radius 2 is 2.19 bits per heavy atom. The zero-order chi connectivity index (χ0) is 19.6. The number of methoxy groups -OCH3 is 1. The molecular weight excluding hydrogens is 357 g/mol. The van der Waals surface area contributed by atoms with Gasteiger partial charge in [-0.25, -0.2) is 4.98 Å². The summed E-state index contributed by atoms with van der Waals surface area (Å²) >= 11 is 0. The lowest BCUT2D eigenvalue weighted by Gasteiger charge is -2.28. The molecule has 0 amide bonds. The summed E-state index contributed by atoms with van der Waals surface area (Å²) < 4.78 is 45.5. The largest absolute Gasteiger partial charge is 0.496 e. The Balaban J connectivity index is 1.63. The van der Waals surface area contributed by atoms with Crippen LogP contribution in [0.2, 0.25) is 0 Å². The summed E-state index contributed by atoms with van der Waals surface area (Å²) in [6, 6.07) is 7.42. The fourth-order valence-corrected chi connectivity index (χ4v) is 3.54. The van der Waals surface area contributed by atoms with Crippen molar-refractivity contribution in [2.45, 2.75) is 32.1 Å². The SMILES string of the molecule is COc1cc(C#N)ccc1CN(C)C[C@H]1CCc2nc(C(F)(F)F)cn2C1. The van der Waals surface area contributed by atoms with Gasteiger partial charge in [0, 0.05) is 37.8 Å². The van der Waals surface area contributed by atoms with Crippen LogP contribution >= 0.6 is 0 Å². The summed E-state index contributed by atoms with van der Waals surface area (Å²) in [5.41, 5.74) is 0.699. The molecule has 144 valence electrons. The second-order valence-corrected chi connectivity index (χ2v) is 6.93. The highest BCUT2D eigenvalue weighted by molar-refractivity contribution is 5.42. The quantitative estimate of drug-likeness (QED) is 0.799. The molecule has 0 aliphatic carbocycles. The van der Waals surface area contributed by atoms with Crippen LogP contribution in [0.3, 0.4) is 0 Å². The van der Waals surface area contributed by atoms with Crippen molar-refractivity contribution in [1.29, 1.82) is 5.26 Å². The van der Waals surface area contributed by atoms with Gasteiger partial charge >= 0.3 is 6.18 Å². The first kappa shape index (κ1) is 19.2. The molecular formula is C19H21F3N4O. The van der Waals surface area contributed by atoms with Crippen LogP contribution in [0.4, 0.5) is 13.2 Å². The van der Waals surface area contributed by atoms with E-state index in [1.54, 1.807) is 23.8 Å². The molecule has 0 spiro atoms. The third kappa shape index (κ3) is 4.42. The normalized spacial score (nSPS) is 16.9. The second kappa shape index (κ2) is 7.61. The maximum atomic E-state index is 12.8. The molecule has 8 heteroatoms. The van der Waals surface area contributed by atoms with Gasteiger partial charge in [0.1, 0.15) is 11.6 Å². The highest BCUT2D eigenvalue weighted by Crippen LogP contribution is 2.31. The van der Waals surface area contributed by atoms with Crippen molar-refractivity contribution >= 4 is 0 Å². The lowest BCUT2D eigenvalue weighted by Crippen LogP contribution is -2.31. The molecule has 5 nitrogen and oxygen atoms in total. The first-order valence-electron chi connectivity index (χ1n) is 8.69. The molecule has 2 heterocycles. The Morgan fingerprint density at radius 3 is 2.85 bits per heavy atom. The van der Waals surface area contributed by atoms with Gasteiger partial charge in [-0.15, -0.1) is 0 Å². The Bertz CT molecular complexity index is 854. The second-order valence-electron chi connectivity index (χ2n) is 6.93. The van der Waals surface area contributed by atoms with E-state index in [1.165, 1.54) is 0 Å². The van der Waals surface area contributed by atoms with E-state index in [0.29, 0.717) is 36.6 Å². The van der Waals surface area contributed by atoms with Gasteiger partial charge in [-0.2, -0.15) is 18.4 Å². The van der Waals surface area contributed by atoms with Crippen molar-refractivity contribution in [1.82, 2.24) is 14.5 Å². The zero-order valence-corrected chi connectivity index (χ0v) is 15.3. The topological polar surface area (TPSA) is 54.1 Å². The fourth-order valence-electron chi connectivity index (χ4n) is 3.54. The minimum absolute atomic E-state index is 0.252. The van der Waals surface area contributed by atoms with E-state index in [0.717, 1.165) is 24.7 Å². The maximum Gasteiger partial charge on any atom is 0.434 e. The molecule has 0 fully saturated rings. The number of aromatic nitrogens is 2. The van der Waals surface area contributed by atoms with Gasteiger partial charge in [-0.3, -0.25) is 0 Å². The molecule has 2 aromatic rings. The molecule has 3 rings (SSSR count). The van der Waals surface area contributed by atoms with Gasteiger partial charge in [0.2, 0.25) is 0 Å². The van der Waals surface area contributed by atoms with Crippen LogP contribution in [0.5, 0.6) is 5.75 Å². The summed E-state index contributed by atoms with van der Waals surface area (Å²) in [6.07, 6.45) is -1.92. The van der Waals surface area contributed by atoms with Crippen molar-refractivity contribution < 1.29 is 17.9 Å². The molecule has 1 aromatic heterocycles. The van der Waals surface area contributed by atoms with E-state index >= 15 is 0 Å². The molecule has 0 radical (unpaired) electrons. The monoisotopic (exact) mass is 378 g/mol. The average Bonchev–Trinajstić information content (AvgIpc) is 3.05. The van der Waals surface area contributed by atoms with E-state index in [9.17, 15) is 13.2 Å². The van der Waals surface area contributed by atoms with Crippen LogP contribution in [0.1, 0.15) is 29.1 Å². The van der Waals surface area contributed by atoms with E-state index in [-0.39, 0.29) is 5.92 Å². The number of imidazole rings is 1. The summed E-state index contributed by atoms with van der Waals surface area (Å²) in [5.74, 6) is 1.42. The van der Waals surface area contributed by atoms with Crippen LogP contribution in [0.25, 0.3) is 0 Å². The number of aryl methyl sites for hydroxylation is 1. The molecule has 1 aromatic carbocycles. The molecule has 1 aliphatic rings. The van der Waals surface area contributed by atoms with Crippen molar-refractivity contribution in [3.05, 3.63) is 47.0 Å². The first-order valence-corrected chi connectivity index (χ1v) is 8.69. The number of nitrogens with zero attached hydrogens (tertiary/aromatic N) is 4. The van der Waals surface area contributed by atoms with Gasteiger partial charge in [-0.05, 0) is 31.5 Å². The van der Waals surface area contributed by atoms with E-state index < -0.39 is 11.9 Å². The lowest BCUT2D eigenvalue weighted by atomic mass is 9.98. The van der Waals surface area contributed by atoms with Crippen LogP contribution in [0, 0.1) is 17.2 Å². The minimum Gasteiger partial charge on any atom is -0.496 e. The Labute approximate surface area is 156 Å². The smallest absolute Gasteiger partial charge is 0.434 e. The Kier molecular flexibility index (Phi) is 5.42. The number of ether oxygens (including phenoxy) is 1. The number of benzene rings is 1. The molecule has 1 atom stereocenters. The number of fused-ring (bicyclic) bond motifs is 1. The Morgan fingerprint density at radius 1 is 1.41 bits per heavy atom. The molecule has 0 bridgehead atoms. The van der Waals surface area contributed by atoms with Crippen LogP contribution in [-0.2, 0) is 25.7 Å². The zero-order valence-electron chi connectivity index (χ0n) is 15.3.